The van der Waals surface area contributed by atoms with Gasteiger partial charge in [0.05, 0.1) is 6.54 Å². The van der Waals surface area contributed by atoms with Gasteiger partial charge in [-0.1, -0.05) is 6.07 Å². The first-order valence-electron chi connectivity index (χ1n) is 9.07. The highest BCUT2D eigenvalue weighted by Gasteiger charge is 2.34. The van der Waals surface area contributed by atoms with E-state index in [0.717, 1.165) is 38.6 Å². The van der Waals surface area contributed by atoms with Gasteiger partial charge in [-0.2, -0.15) is 0 Å². The molecule has 2 N–H and O–H groups in total. The number of halogens is 2. The summed E-state index contributed by atoms with van der Waals surface area (Å²) in [5.74, 6) is 0.953. The van der Waals surface area contributed by atoms with Crippen LogP contribution in [-0.4, -0.2) is 69.9 Å². The Morgan fingerprint density at radius 3 is 2.63 bits per heavy atom. The second-order valence-corrected chi connectivity index (χ2v) is 6.92. The molecular weight excluding hydrogens is 462 g/mol. The topological polar surface area (TPSA) is 58.1 Å². The van der Waals surface area contributed by atoms with Crippen molar-refractivity contribution in [3.05, 3.63) is 30.1 Å². The number of ether oxygens (including phenoxy) is 2. The summed E-state index contributed by atoms with van der Waals surface area (Å²) in [6.07, 6.45) is 1.85. The molecule has 6 nitrogen and oxygen atoms in total. The lowest BCUT2D eigenvalue weighted by Gasteiger charge is -2.43. The zero-order valence-electron chi connectivity index (χ0n) is 16.6. The lowest BCUT2D eigenvalue weighted by molar-refractivity contribution is -0.00502. The van der Waals surface area contributed by atoms with Crippen molar-refractivity contribution in [2.45, 2.75) is 31.4 Å². The van der Waals surface area contributed by atoms with E-state index < -0.39 is 0 Å². The van der Waals surface area contributed by atoms with E-state index in [0.29, 0.717) is 12.3 Å². The summed E-state index contributed by atoms with van der Waals surface area (Å²) >= 11 is 0. The van der Waals surface area contributed by atoms with Crippen molar-refractivity contribution in [3.63, 3.8) is 0 Å². The van der Waals surface area contributed by atoms with E-state index in [1.807, 2.05) is 6.92 Å². The van der Waals surface area contributed by atoms with Crippen LogP contribution in [0.25, 0.3) is 0 Å². The Morgan fingerprint density at radius 2 is 2.04 bits per heavy atom. The smallest absolute Gasteiger partial charge is 0.191 e. The fraction of sp³-hybridized carbons (Fsp3) is 0.632. The first-order chi connectivity index (χ1) is 12.4. The van der Waals surface area contributed by atoms with E-state index in [-0.39, 0.29) is 41.4 Å². The Kier molecular flexibility index (Phi) is 10.3. The summed E-state index contributed by atoms with van der Waals surface area (Å²) in [5, 5.41) is 6.69. The van der Waals surface area contributed by atoms with Gasteiger partial charge in [0.1, 0.15) is 17.7 Å². The van der Waals surface area contributed by atoms with Crippen molar-refractivity contribution >= 4 is 29.9 Å². The molecule has 0 spiro atoms. The summed E-state index contributed by atoms with van der Waals surface area (Å²) in [6, 6.07) is 6.17. The zero-order chi connectivity index (χ0) is 19.0. The average molecular weight is 494 g/mol. The number of benzene rings is 1. The summed E-state index contributed by atoms with van der Waals surface area (Å²) in [7, 11) is 5.97. The highest BCUT2D eigenvalue weighted by Crippen LogP contribution is 2.25. The molecule has 2 rings (SSSR count). The molecule has 1 aromatic rings. The highest BCUT2D eigenvalue weighted by atomic mass is 127. The molecule has 1 fully saturated rings. The number of guanidine groups is 1. The third-order valence-corrected chi connectivity index (χ3v) is 4.87. The Morgan fingerprint density at radius 1 is 1.33 bits per heavy atom. The molecule has 1 atom stereocenters. The summed E-state index contributed by atoms with van der Waals surface area (Å²) in [4.78, 5) is 6.55. The number of hydrogen-bond donors (Lipinski definition) is 2. The van der Waals surface area contributed by atoms with Crippen molar-refractivity contribution in [1.29, 1.82) is 0 Å². The van der Waals surface area contributed by atoms with Crippen LogP contribution in [0.1, 0.15) is 19.8 Å². The molecular formula is C19H32FIN4O2. The van der Waals surface area contributed by atoms with Crippen molar-refractivity contribution < 1.29 is 13.9 Å². The number of aliphatic imine (C=N–C) groups is 1. The molecule has 1 unspecified atom stereocenters. The number of nitrogens with zero attached hydrogens (tertiary/aromatic N) is 2. The number of likely N-dealkylation sites (N-methyl/N-ethyl adjacent to an activating group) is 1. The van der Waals surface area contributed by atoms with Crippen LogP contribution in [0.5, 0.6) is 5.75 Å². The predicted octanol–water partition coefficient (Wildman–Crippen LogP) is 2.49. The molecule has 154 valence electrons. The van der Waals surface area contributed by atoms with E-state index in [1.165, 1.54) is 12.1 Å². The van der Waals surface area contributed by atoms with Crippen LogP contribution in [0, 0.1) is 5.82 Å². The fourth-order valence-electron chi connectivity index (χ4n) is 3.06. The second kappa shape index (κ2) is 11.7. The minimum absolute atomic E-state index is 0. The van der Waals surface area contributed by atoms with Gasteiger partial charge < -0.3 is 25.0 Å². The minimum atomic E-state index is -0.300. The summed E-state index contributed by atoms with van der Waals surface area (Å²) in [5.41, 5.74) is 0.0690. The van der Waals surface area contributed by atoms with E-state index in [4.69, 9.17) is 9.47 Å². The summed E-state index contributed by atoms with van der Waals surface area (Å²) in [6.45, 7) is 4.86. The van der Waals surface area contributed by atoms with Gasteiger partial charge in [-0.25, -0.2) is 4.39 Å². The first-order valence-corrected chi connectivity index (χ1v) is 9.07. The van der Waals surface area contributed by atoms with E-state index >= 15 is 0 Å². The Hall–Kier alpha value is -1.13. The second-order valence-electron chi connectivity index (χ2n) is 6.92. The van der Waals surface area contributed by atoms with Crippen LogP contribution < -0.4 is 15.4 Å². The van der Waals surface area contributed by atoms with Crippen molar-refractivity contribution in [3.8, 4) is 5.75 Å². The molecule has 1 aromatic carbocycles. The monoisotopic (exact) mass is 494 g/mol. The predicted molar refractivity (Wildman–Crippen MR) is 118 cm³/mol. The average Bonchev–Trinajstić information content (AvgIpc) is 2.62. The molecule has 1 aliphatic heterocycles. The van der Waals surface area contributed by atoms with Crippen molar-refractivity contribution in [1.82, 2.24) is 15.5 Å². The quantitative estimate of drug-likeness (QED) is 0.347. The molecule has 27 heavy (non-hydrogen) atoms. The van der Waals surface area contributed by atoms with Crippen molar-refractivity contribution in [2.24, 2.45) is 4.99 Å². The molecule has 8 heteroatoms. The Labute approximate surface area is 178 Å². The number of nitrogens with one attached hydrogen (secondary N) is 2. The van der Waals surface area contributed by atoms with Gasteiger partial charge in [0.2, 0.25) is 0 Å². The third kappa shape index (κ3) is 7.42. The molecule has 0 radical (unpaired) electrons. The van der Waals surface area contributed by atoms with Gasteiger partial charge in [-0.3, -0.25) is 4.99 Å². The molecule has 1 aliphatic rings. The van der Waals surface area contributed by atoms with Gasteiger partial charge in [0.25, 0.3) is 0 Å². The van der Waals surface area contributed by atoms with Crippen LogP contribution in [0.2, 0.25) is 0 Å². The minimum Gasteiger partial charge on any atom is -0.489 e. The molecule has 0 aliphatic carbocycles. The third-order valence-electron chi connectivity index (χ3n) is 4.87. The maximum Gasteiger partial charge on any atom is 0.191 e. The van der Waals surface area contributed by atoms with Gasteiger partial charge in [0, 0.05) is 38.4 Å². The number of hydrogen-bond acceptors (Lipinski definition) is 4. The maximum atomic E-state index is 13.2. The SMILES string of the molecule is CN=C(NCC(C)Oc1cccc(F)c1)NCC1(N(C)C)CCOCC1.I. The maximum absolute atomic E-state index is 13.2. The largest absolute Gasteiger partial charge is 0.489 e. The molecule has 0 bridgehead atoms. The van der Waals surface area contributed by atoms with Gasteiger partial charge in [-0.15, -0.1) is 24.0 Å². The lowest BCUT2D eigenvalue weighted by Crippen LogP contribution is -2.57. The molecule has 1 saturated heterocycles. The van der Waals surface area contributed by atoms with Crippen LogP contribution in [0.4, 0.5) is 4.39 Å². The van der Waals surface area contributed by atoms with Crippen LogP contribution in [0.15, 0.2) is 29.3 Å². The fourth-order valence-corrected chi connectivity index (χ4v) is 3.06. The summed E-state index contributed by atoms with van der Waals surface area (Å²) < 4.78 is 24.5. The Bertz CT molecular complexity index is 595. The highest BCUT2D eigenvalue weighted by molar-refractivity contribution is 14.0. The molecule has 0 aromatic heterocycles. The van der Waals surface area contributed by atoms with Crippen LogP contribution in [0.3, 0.4) is 0 Å². The Balaban J connectivity index is 0.00000364. The standard InChI is InChI=1S/C19H31FN4O2.HI/c1-15(26-17-7-5-6-16(20)12-17)13-22-18(21-2)23-14-19(24(3)4)8-10-25-11-9-19;/h5-7,12,15H,8-11,13-14H2,1-4H3,(H2,21,22,23);1H. The molecule has 0 amide bonds. The van der Waals surface area contributed by atoms with Crippen LogP contribution >= 0.6 is 24.0 Å². The van der Waals surface area contributed by atoms with Gasteiger partial charge >= 0.3 is 0 Å². The van der Waals surface area contributed by atoms with Crippen molar-refractivity contribution in [2.75, 3.05) is 47.4 Å². The molecule has 1 heterocycles. The normalized spacial score (nSPS) is 17.8. The van der Waals surface area contributed by atoms with E-state index in [2.05, 4.69) is 34.6 Å². The van der Waals surface area contributed by atoms with E-state index in [1.54, 1.807) is 19.2 Å². The van der Waals surface area contributed by atoms with Gasteiger partial charge in [-0.05, 0) is 46.0 Å². The lowest BCUT2D eigenvalue weighted by atomic mass is 9.88. The van der Waals surface area contributed by atoms with Gasteiger partial charge in [0.15, 0.2) is 5.96 Å². The zero-order valence-corrected chi connectivity index (χ0v) is 19.0. The first kappa shape index (κ1) is 23.9. The number of rotatable bonds is 7. The van der Waals surface area contributed by atoms with Crippen LogP contribution in [-0.2, 0) is 4.74 Å². The van der Waals surface area contributed by atoms with E-state index in [9.17, 15) is 4.39 Å². The molecule has 0 saturated carbocycles.